The molecule has 0 radical (unpaired) electrons. The topological polar surface area (TPSA) is 75.6 Å². The molecule has 5 nitrogen and oxygen atoms in total. The van der Waals surface area contributed by atoms with E-state index in [4.69, 9.17) is 5.11 Å². The van der Waals surface area contributed by atoms with E-state index in [0.717, 1.165) is 6.07 Å². The van der Waals surface area contributed by atoms with Gasteiger partial charge in [-0.05, 0) is 34.1 Å². The van der Waals surface area contributed by atoms with Crippen molar-refractivity contribution in [3.8, 4) is 0 Å². The number of ether oxygens (including phenoxy) is 1. The van der Waals surface area contributed by atoms with E-state index >= 15 is 0 Å². The Morgan fingerprint density at radius 2 is 2.22 bits per heavy atom. The molecule has 0 fully saturated rings. The van der Waals surface area contributed by atoms with Crippen LogP contribution in [0, 0.1) is 5.82 Å². The number of carbonyl (C=O) groups is 2. The van der Waals surface area contributed by atoms with Crippen molar-refractivity contribution in [3.05, 3.63) is 34.1 Å². The van der Waals surface area contributed by atoms with E-state index in [0.29, 0.717) is 0 Å². The quantitative estimate of drug-likeness (QED) is 0.860. The molecule has 1 aromatic rings. The van der Waals surface area contributed by atoms with Crippen LogP contribution in [0.2, 0.25) is 0 Å². The molecule has 18 heavy (non-hydrogen) atoms. The van der Waals surface area contributed by atoms with Crippen LogP contribution in [-0.4, -0.2) is 36.7 Å². The normalized spacial score (nSPS) is 11.9. The SMILES string of the molecule is COCC(NC(=O)c1ccc(F)c(Br)c1)C(=O)O. The predicted octanol–water partition coefficient (Wildman–Crippen LogP) is 1.42. The minimum Gasteiger partial charge on any atom is -0.480 e. The van der Waals surface area contributed by atoms with Gasteiger partial charge >= 0.3 is 5.97 Å². The average molecular weight is 320 g/mol. The summed E-state index contributed by atoms with van der Waals surface area (Å²) < 4.78 is 17.8. The smallest absolute Gasteiger partial charge is 0.328 e. The first-order valence-electron chi connectivity index (χ1n) is 4.93. The fourth-order valence-corrected chi connectivity index (χ4v) is 1.60. The Morgan fingerprint density at radius 1 is 1.56 bits per heavy atom. The molecule has 1 unspecified atom stereocenters. The number of nitrogens with one attached hydrogen (secondary N) is 1. The minimum absolute atomic E-state index is 0.133. The number of benzene rings is 1. The highest BCUT2D eigenvalue weighted by atomic mass is 79.9. The zero-order chi connectivity index (χ0) is 13.7. The first-order chi connectivity index (χ1) is 8.45. The maximum absolute atomic E-state index is 13.0. The summed E-state index contributed by atoms with van der Waals surface area (Å²) in [5, 5.41) is 11.1. The second kappa shape index (κ2) is 6.46. The summed E-state index contributed by atoms with van der Waals surface area (Å²) in [6.07, 6.45) is 0. The average Bonchev–Trinajstić information content (AvgIpc) is 2.31. The number of hydrogen-bond acceptors (Lipinski definition) is 3. The highest BCUT2D eigenvalue weighted by Gasteiger charge is 2.20. The number of rotatable bonds is 5. The molecule has 0 heterocycles. The summed E-state index contributed by atoms with van der Waals surface area (Å²) >= 11 is 2.94. The largest absolute Gasteiger partial charge is 0.480 e. The van der Waals surface area contributed by atoms with Crippen molar-refractivity contribution in [1.29, 1.82) is 0 Å². The van der Waals surface area contributed by atoms with E-state index in [9.17, 15) is 14.0 Å². The van der Waals surface area contributed by atoms with Gasteiger partial charge in [-0.15, -0.1) is 0 Å². The molecule has 1 aromatic carbocycles. The molecule has 0 aliphatic heterocycles. The van der Waals surface area contributed by atoms with Crippen LogP contribution in [0.15, 0.2) is 22.7 Å². The molecule has 0 saturated carbocycles. The van der Waals surface area contributed by atoms with Gasteiger partial charge in [-0.2, -0.15) is 0 Å². The molecular formula is C11H11BrFNO4. The van der Waals surface area contributed by atoms with Gasteiger partial charge in [-0.3, -0.25) is 4.79 Å². The Bertz CT molecular complexity index is 466. The lowest BCUT2D eigenvalue weighted by atomic mass is 10.2. The van der Waals surface area contributed by atoms with Crippen molar-refractivity contribution >= 4 is 27.8 Å². The molecule has 98 valence electrons. The summed E-state index contributed by atoms with van der Waals surface area (Å²) in [4.78, 5) is 22.5. The number of halogens is 2. The zero-order valence-electron chi connectivity index (χ0n) is 9.44. The molecule has 0 aliphatic rings. The molecule has 1 atom stereocenters. The van der Waals surface area contributed by atoms with Crippen LogP contribution < -0.4 is 5.32 Å². The number of amides is 1. The first kappa shape index (κ1) is 14.6. The molecule has 1 rings (SSSR count). The molecule has 7 heteroatoms. The van der Waals surface area contributed by atoms with Crippen molar-refractivity contribution in [2.45, 2.75) is 6.04 Å². The summed E-state index contributed by atoms with van der Waals surface area (Å²) in [7, 11) is 1.33. The van der Waals surface area contributed by atoms with E-state index in [1.165, 1.54) is 19.2 Å². The van der Waals surface area contributed by atoms with Crippen molar-refractivity contribution in [1.82, 2.24) is 5.32 Å². The summed E-state index contributed by atoms with van der Waals surface area (Å²) in [5.74, 6) is -2.32. The van der Waals surface area contributed by atoms with E-state index in [1.807, 2.05) is 0 Å². The third kappa shape index (κ3) is 3.78. The highest BCUT2D eigenvalue weighted by molar-refractivity contribution is 9.10. The van der Waals surface area contributed by atoms with Crippen LogP contribution in [0.3, 0.4) is 0 Å². The molecule has 2 N–H and O–H groups in total. The zero-order valence-corrected chi connectivity index (χ0v) is 11.0. The monoisotopic (exact) mass is 319 g/mol. The van der Waals surface area contributed by atoms with E-state index in [-0.39, 0.29) is 16.6 Å². The van der Waals surface area contributed by atoms with Crippen LogP contribution in [-0.2, 0) is 9.53 Å². The van der Waals surface area contributed by atoms with Gasteiger partial charge in [0, 0.05) is 12.7 Å². The van der Waals surface area contributed by atoms with E-state index in [1.54, 1.807) is 0 Å². The molecule has 0 spiro atoms. The Labute approximate surface area is 111 Å². The molecular weight excluding hydrogens is 309 g/mol. The van der Waals surface area contributed by atoms with Gasteiger partial charge in [0.1, 0.15) is 5.82 Å². The van der Waals surface area contributed by atoms with Crippen LogP contribution in [0.4, 0.5) is 4.39 Å². The van der Waals surface area contributed by atoms with Gasteiger partial charge in [0.25, 0.3) is 5.91 Å². The number of methoxy groups -OCH3 is 1. The Morgan fingerprint density at radius 3 is 2.72 bits per heavy atom. The fourth-order valence-electron chi connectivity index (χ4n) is 1.22. The molecule has 0 aromatic heterocycles. The van der Waals surface area contributed by atoms with Crippen LogP contribution in [0.5, 0.6) is 0 Å². The van der Waals surface area contributed by atoms with Gasteiger partial charge in [0.2, 0.25) is 0 Å². The second-order valence-electron chi connectivity index (χ2n) is 3.45. The van der Waals surface area contributed by atoms with Crippen LogP contribution in [0.25, 0.3) is 0 Å². The summed E-state index contributed by atoms with van der Waals surface area (Å²) in [6.45, 7) is -0.149. The van der Waals surface area contributed by atoms with Gasteiger partial charge in [0.15, 0.2) is 6.04 Å². The van der Waals surface area contributed by atoms with Crippen molar-refractivity contribution < 1.29 is 23.8 Å². The number of carbonyl (C=O) groups excluding carboxylic acids is 1. The lowest BCUT2D eigenvalue weighted by Crippen LogP contribution is -2.43. The number of hydrogen-bond donors (Lipinski definition) is 2. The van der Waals surface area contributed by atoms with Crippen molar-refractivity contribution in [3.63, 3.8) is 0 Å². The van der Waals surface area contributed by atoms with Crippen LogP contribution >= 0.6 is 15.9 Å². The van der Waals surface area contributed by atoms with E-state index in [2.05, 4.69) is 26.0 Å². The third-order valence-electron chi connectivity index (χ3n) is 2.12. The summed E-state index contributed by atoms with van der Waals surface area (Å²) in [6, 6.07) is 2.51. The fraction of sp³-hybridized carbons (Fsp3) is 0.273. The van der Waals surface area contributed by atoms with E-state index < -0.39 is 23.7 Å². The Balaban J connectivity index is 2.80. The first-order valence-corrected chi connectivity index (χ1v) is 5.72. The number of carboxylic acid groups (broad SMARTS) is 1. The molecule has 0 bridgehead atoms. The minimum atomic E-state index is -1.20. The lowest BCUT2D eigenvalue weighted by molar-refractivity contribution is -0.140. The standard InChI is InChI=1S/C11H11BrFNO4/c1-18-5-9(11(16)17)14-10(15)6-2-3-8(13)7(12)4-6/h2-4,9H,5H2,1H3,(H,14,15)(H,16,17). The summed E-state index contributed by atoms with van der Waals surface area (Å²) in [5.41, 5.74) is 0.158. The molecule has 1 amide bonds. The Kier molecular flexibility index (Phi) is 5.24. The number of carboxylic acids is 1. The second-order valence-corrected chi connectivity index (χ2v) is 4.30. The van der Waals surface area contributed by atoms with Crippen LogP contribution in [0.1, 0.15) is 10.4 Å². The van der Waals surface area contributed by atoms with Gasteiger partial charge in [0.05, 0.1) is 11.1 Å². The predicted molar refractivity (Wildman–Crippen MR) is 64.9 cm³/mol. The van der Waals surface area contributed by atoms with Gasteiger partial charge in [-0.25, -0.2) is 9.18 Å². The van der Waals surface area contributed by atoms with Gasteiger partial charge in [-0.1, -0.05) is 0 Å². The molecule has 0 aliphatic carbocycles. The third-order valence-corrected chi connectivity index (χ3v) is 2.73. The van der Waals surface area contributed by atoms with Gasteiger partial charge < -0.3 is 15.2 Å². The van der Waals surface area contributed by atoms with Crippen molar-refractivity contribution in [2.24, 2.45) is 0 Å². The lowest BCUT2D eigenvalue weighted by Gasteiger charge is -2.13. The highest BCUT2D eigenvalue weighted by Crippen LogP contribution is 2.16. The molecule has 0 saturated heterocycles. The van der Waals surface area contributed by atoms with Crippen molar-refractivity contribution in [2.75, 3.05) is 13.7 Å². The maximum Gasteiger partial charge on any atom is 0.328 e. The number of aliphatic carboxylic acids is 1. The Hall–Kier alpha value is -1.47. The maximum atomic E-state index is 13.0.